The van der Waals surface area contributed by atoms with Crippen LogP contribution < -0.4 is 0 Å². The monoisotopic (exact) mass is 414 g/mol. The number of nitrogens with zero attached hydrogens (tertiary/aromatic N) is 6. The molecule has 3 rings (SSSR count). The van der Waals surface area contributed by atoms with Crippen LogP contribution in [0.15, 0.2) is 48.9 Å². The highest BCUT2D eigenvalue weighted by atomic mass is 28.4. The van der Waals surface area contributed by atoms with E-state index in [1.807, 2.05) is 40.0 Å². The molecule has 150 valence electrons. The van der Waals surface area contributed by atoms with Crippen LogP contribution in [-0.2, 0) is 17.2 Å². The summed E-state index contributed by atoms with van der Waals surface area (Å²) in [6.45, 7) is 8.82. The number of rotatable bonds is 11. The number of benzene rings is 1. The van der Waals surface area contributed by atoms with Gasteiger partial charge in [-0.1, -0.05) is 40.8 Å². The Morgan fingerprint density at radius 2 is 1.82 bits per heavy atom. The number of hydrogen-bond acceptors (Lipinski definition) is 5. The van der Waals surface area contributed by atoms with Gasteiger partial charge in [-0.25, -0.2) is 0 Å². The van der Waals surface area contributed by atoms with Crippen molar-refractivity contribution in [3.63, 3.8) is 0 Å². The molecular weight excluding hydrogens is 384 g/mol. The van der Waals surface area contributed by atoms with Crippen LogP contribution in [0.25, 0.3) is 11.3 Å². The SMILES string of the molecule is C[SiH](CCCn1ccnn1)O[Si](C)(C)CCCn1cc(-c2ccccc2)nn1. The average Bonchev–Trinajstić information content (AvgIpc) is 3.34. The summed E-state index contributed by atoms with van der Waals surface area (Å²) < 4.78 is 10.4. The van der Waals surface area contributed by atoms with Gasteiger partial charge in [0.25, 0.3) is 0 Å². The second-order valence-electron chi connectivity index (χ2n) is 7.83. The molecule has 0 aliphatic heterocycles. The van der Waals surface area contributed by atoms with Crippen LogP contribution in [0.5, 0.6) is 0 Å². The molecule has 9 heteroatoms. The van der Waals surface area contributed by atoms with Gasteiger partial charge in [-0.15, -0.1) is 10.2 Å². The van der Waals surface area contributed by atoms with Gasteiger partial charge in [-0.3, -0.25) is 9.36 Å². The minimum absolute atomic E-state index is 0.891. The Balaban J connectivity index is 1.38. The third-order valence-electron chi connectivity index (χ3n) is 4.76. The van der Waals surface area contributed by atoms with E-state index < -0.39 is 17.4 Å². The van der Waals surface area contributed by atoms with Gasteiger partial charge in [0.2, 0.25) is 0 Å². The van der Waals surface area contributed by atoms with Gasteiger partial charge >= 0.3 is 0 Å². The van der Waals surface area contributed by atoms with Gasteiger partial charge in [-0.05, 0) is 44.6 Å². The molecule has 0 spiro atoms. The fourth-order valence-corrected chi connectivity index (χ4v) is 10.4. The third kappa shape index (κ3) is 6.50. The summed E-state index contributed by atoms with van der Waals surface area (Å²) in [4.78, 5) is 0. The molecule has 0 aliphatic rings. The topological polar surface area (TPSA) is 70.7 Å². The van der Waals surface area contributed by atoms with Crippen LogP contribution in [0.2, 0.25) is 31.7 Å². The summed E-state index contributed by atoms with van der Waals surface area (Å²) in [5, 5.41) is 16.4. The van der Waals surface area contributed by atoms with E-state index in [1.165, 1.54) is 6.04 Å². The zero-order valence-corrected chi connectivity index (χ0v) is 19.2. The first kappa shape index (κ1) is 20.6. The van der Waals surface area contributed by atoms with Crippen LogP contribution in [0, 0.1) is 0 Å². The van der Waals surface area contributed by atoms with Crippen LogP contribution >= 0.6 is 0 Å². The molecule has 0 saturated carbocycles. The quantitative estimate of drug-likeness (QED) is 0.448. The van der Waals surface area contributed by atoms with E-state index in [2.05, 4.69) is 52.4 Å². The zero-order chi connectivity index (χ0) is 19.8. The average molecular weight is 415 g/mol. The first-order valence-corrected chi connectivity index (χ1v) is 15.6. The number of hydrogen-bond donors (Lipinski definition) is 0. The molecule has 1 atom stereocenters. The minimum Gasteiger partial charge on any atom is -0.458 e. The van der Waals surface area contributed by atoms with Crippen LogP contribution in [0.3, 0.4) is 0 Å². The summed E-state index contributed by atoms with van der Waals surface area (Å²) in [5.74, 6) is 0. The molecule has 0 N–H and O–H groups in total. The second-order valence-corrected chi connectivity index (χ2v) is 15.0. The van der Waals surface area contributed by atoms with Gasteiger partial charge in [0, 0.05) is 24.8 Å². The molecule has 3 aromatic rings. The maximum absolute atomic E-state index is 6.56. The van der Waals surface area contributed by atoms with Crippen LogP contribution in [0.1, 0.15) is 12.8 Å². The predicted molar refractivity (Wildman–Crippen MR) is 116 cm³/mol. The van der Waals surface area contributed by atoms with E-state index in [-0.39, 0.29) is 0 Å². The lowest BCUT2D eigenvalue weighted by atomic mass is 10.2. The molecular formula is C19H30N6OSi2. The minimum atomic E-state index is -1.63. The molecule has 2 heterocycles. The van der Waals surface area contributed by atoms with Crippen molar-refractivity contribution < 1.29 is 4.12 Å². The molecule has 1 aromatic carbocycles. The first-order chi connectivity index (χ1) is 13.5. The van der Waals surface area contributed by atoms with Crippen molar-refractivity contribution in [2.75, 3.05) is 0 Å². The number of aromatic nitrogens is 6. The van der Waals surface area contributed by atoms with Gasteiger partial charge in [-0.2, -0.15) is 0 Å². The maximum atomic E-state index is 6.56. The highest BCUT2D eigenvalue weighted by molar-refractivity contribution is 6.78. The number of aryl methyl sites for hydroxylation is 2. The molecule has 0 aliphatic carbocycles. The Bertz CT molecular complexity index is 822. The highest BCUT2D eigenvalue weighted by Gasteiger charge is 2.24. The van der Waals surface area contributed by atoms with E-state index in [9.17, 15) is 0 Å². The third-order valence-corrected chi connectivity index (χ3v) is 11.7. The van der Waals surface area contributed by atoms with Crippen molar-refractivity contribution in [2.45, 2.75) is 57.7 Å². The molecule has 0 radical (unpaired) electrons. The lowest BCUT2D eigenvalue weighted by molar-refractivity contribution is 0.521. The molecule has 0 amide bonds. The van der Waals surface area contributed by atoms with Crippen LogP contribution in [-0.4, -0.2) is 47.3 Å². The summed E-state index contributed by atoms with van der Waals surface area (Å²) in [6, 6.07) is 12.5. The largest absolute Gasteiger partial charge is 0.458 e. The predicted octanol–water partition coefficient (Wildman–Crippen LogP) is 3.59. The molecule has 0 saturated heterocycles. The Hall–Kier alpha value is -2.11. The molecule has 0 bridgehead atoms. The Labute approximate surface area is 169 Å². The van der Waals surface area contributed by atoms with Crippen molar-refractivity contribution in [1.29, 1.82) is 0 Å². The van der Waals surface area contributed by atoms with E-state index in [0.717, 1.165) is 43.2 Å². The van der Waals surface area contributed by atoms with Crippen molar-refractivity contribution in [3.05, 3.63) is 48.9 Å². The van der Waals surface area contributed by atoms with Crippen LogP contribution in [0.4, 0.5) is 0 Å². The highest BCUT2D eigenvalue weighted by Crippen LogP contribution is 2.19. The summed E-state index contributed by atoms with van der Waals surface area (Å²) in [7, 11) is -2.77. The Morgan fingerprint density at radius 3 is 2.57 bits per heavy atom. The molecule has 1 unspecified atom stereocenters. The van der Waals surface area contributed by atoms with E-state index in [4.69, 9.17) is 4.12 Å². The molecule has 28 heavy (non-hydrogen) atoms. The van der Waals surface area contributed by atoms with Crippen molar-refractivity contribution in [1.82, 2.24) is 30.0 Å². The lowest BCUT2D eigenvalue weighted by Crippen LogP contribution is -2.36. The smallest absolute Gasteiger partial charge is 0.173 e. The first-order valence-electron chi connectivity index (χ1n) is 9.99. The van der Waals surface area contributed by atoms with E-state index in [0.29, 0.717) is 0 Å². The zero-order valence-electron chi connectivity index (χ0n) is 17.0. The van der Waals surface area contributed by atoms with Crippen molar-refractivity contribution in [2.24, 2.45) is 0 Å². The molecule has 2 aromatic heterocycles. The Morgan fingerprint density at radius 1 is 1.04 bits per heavy atom. The summed E-state index contributed by atoms with van der Waals surface area (Å²) in [6.07, 6.45) is 7.87. The summed E-state index contributed by atoms with van der Waals surface area (Å²) >= 11 is 0. The van der Waals surface area contributed by atoms with Gasteiger partial charge in [0.1, 0.15) is 5.69 Å². The van der Waals surface area contributed by atoms with Crippen molar-refractivity contribution >= 4 is 17.4 Å². The standard InChI is InChI=1S/C19H30N6OSi2/c1-27(15-7-12-24-14-11-20-22-24)26-28(2,3)16-8-13-25-17-19(21-23-25)18-9-5-4-6-10-18/h4-6,9-11,14,17,27H,7-8,12-13,15-16H2,1-3H3. The Kier molecular flexibility index (Phi) is 7.29. The van der Waals surface area contributed by atoms with E-state index >= 15 is 0 Å². The second kappa shape index (κ2) is 9.90. The summed E-state index contributed by atoms with van der Waals surface area (Å²) in [5.41, 5.74) is 2.04. The van der Waals surface area contributed by atoms with Gasteiger partial charge in [0.15, 0.2) is 17.4 Å². The van der Waals surface area contributed by atoms with Gasteiger partial charge in [0.05, 0.1) is 12.4 Å². The molecule has 0 fully saturated rings. The maximum Gasteiger partial charge on any atom is 0.173 e. The van der Waals surface area contributed by atoms with Gasteiger partial charge < -0.3 is 4.12 Å². The molecule has 7 nitrogen and oxygen atoms in total. The van der Waals surface area contributed by atoms with Crippen molar-refractivity contribution in [3.8, 4) is 11.3 Å². The fourth-order valence-electron chi connectivity index (χ4n) is 3.37. The lowest BCUT2D eigenvalue weighted by Gasteiger charge is -2.27. The normalized spacial score (nSPS) is 13.0. The van der Waals surface area contributed by atoms with E-state index in [1.54, 1.807) is 6.20 Å². The fraction of sp³-hybridized carbons (Fsp3) is 0.474.